The highest BCUT2D eigenvalue weighted by Crippen LogP contribution is 2.10. The fourth-order valence-electron chi connectivity index (χ4n) is 2.15. The van der Waals surface area contributed by atoms with Crippen LogP contribution in [0.2, 0.25) is 0 Å². The normalized spacial score (nSPS) is 15.0. The third-order valence-electron chi connectivity index (χ3n) is 3.63. The molecule has 0 heterocycles. The summed E-state index contributed by atoms with van der Waals surface area (Å²) in [5.41, 5.74) is -0.517. The van der Waals surface area contributed by atoms with Crippen LogP contribution in [-0.2, 0) is 15.5 Å². The Labute approximate surface area is 168 Å². The first-order valence-electron chi connectivity index (χ1n) is 9.71. The number of rotatable bonds is 9. The molecule has 3 N–H and O–H groups in total. The Bertz CT molecular complexity index is 496. The molecule has 0 fully saturated rings. The lowest BCUT2D eigenvalue weighted by Gasteiger charge is -2.24. The minimum absolute atomic E-state index is 0.0387. The van der Waals surface area contributed by atoms with Crippen molar-refractivity contribution in [1.29, 1.82) is 0 Å². The molecule has 2 atom stereocenters. The van der Waals surface area contributed by atoms with Gasteiger partial charge >= 0.3 is 6.09 Å². The van der Waals surface area contributed by atoms with Gasteiger partial charge in [0.2, 0.25) is 0 Å². The van der Waals surface area contributed by atoms with Crippen LogP contribution in [0.1, 0.15) is 67.7 Å². The first-order chi connectivity index (χ1) is 12.4. The molecule has 1 amide bonds. The number of amides is 1. The van der Waals surface area contributed by atoms with Gasteiger partial charge in [-0.2, -0.15) is 0 Å². The van der Waals surface area contributed by atoms with E-state index in [1.807, 2.05) is 41.5 Å². The number of guanidine groups is 1. The first kappa shape index (κ1) is 25.7. The Morgan fingerprint density at radius 2 is 1.78 bits per heavy atom. The van der Waals surface area contributed by atoms with Gasteiger partial charge in [-0.05, 0) is 48.0 Å². The predicted molar refractivity (Wildman–Crippen MR) is 115 cm³/mol. The molecule has 8 heteroatoms. The van der Waals surface area contributed by atoms with Crippen molar-refractivity contribution in [2.45, 2.75) is 84.1 Å². The number of ether oxygens (including phenoxy) is 1. The van der Waals surface area contributed by atoms with Gasteiger partial charge in [0.15, 0.2) is 5.96 Å². The summed E-state index contributed by atoms with van der Waals surface area (Å²) in [5, 5.41) is 9.36. The lowest BCUT2D eigenvalue weighted by atomic mass is 10.1. The number of alkyl carbamates (subject to hydrolysis) is 1. The quantitative estimate of drug-likeness (QED) is 0.406. The number of aliphatic imine (C=N–C) groups is 1. The largest absolute Gasteiger partial charge is 0.444 e. The number of hydrogen-bond acceptors (Lipinski definition) is 4. The monoisotopic (exact) mass is 404 g/mol. The summed E-state index contributed by atoms with van der Waals surface area (Å²) in [5.74, 6) is 1.20. The number of hydrogen-bond donors (Lipinski definition) is 3. The van der Waals surface area contributed by atoms with E-state index in [0.717, 1.165) is 19.3 Å². The topological polar surface area (TPSA) is 91.8 Å². The maximum absolute atomic E-state index is 12.1. The van der Waals surface area contributed by atoms with Gasteiger partial charge in [0.25, 0.3) is 0 Å². The molecule has 0 saturated heterocycles. The van der Waals surface area contributed by atoms with Gasteiger partial charge in [0.05, 0.1) is 0 Å². The van der Waals surface area contributed by atoms with Crippen LogP contribution in [-0.4, -0.2) is 58.5 Å². The average molecular weight is 405 g/mol. The molecule has 0 aliphatic rings. The van der Waals surface area contributed by atoms with Gasteiger partial charge in [-0.15, -0.1) is 0 Å². The standard InChI is InChI=1S/C19H40N4O3S/c1-9-10-11-15(14-22-17(24)26-18(2,3)4)23-16(20-8)21-12-13-27(25)19(5,6)7/h15H,9-14H2,1-8H3,(H,22,24)(H2,20,21,23). The Morgan fingerprint density at radius 1 is 1.15 bits per heavy atom. The first-order valence-corrected chi connectivity index (χ1v) is 11.0. The van der Waals surface area contributed by atoms with E-state index in [9.17, 15) is 9.00 Å². The molecule has 0 radical (unpaired) electrons. The lowest BCUT2D eigenvalue weighted by molar-refractivity contribution is 0.0522. The summed E-state index contributed by atoms with van der Waals surface area (Å²) < 4.78 is 17.2. The highest BCUT2D eigenvalue weighted by atomic mass is 32.2. The average Bonchev–Trinajstić information content (AvgIpc) is 2.53. The van der Waals surface area contributed by atoms with Crippen LogP contribution in [0.5, 0.6) is 0 Å². The molecule has 0 aromatic heterocycles. The molecular weight excluding hydrogens is 364 g/mol. The van der Waals surface area contributed by atoms with E-state index in [1.165, 1.54) is 0 Å². The van der Waals surface area contributed by atoms with Crippen LogP contribution in [0.4, 0.5) is 4.79 Å². The molecule has 7 nitrogen and oxygen atoms in total. The van der Waals surface area contributed by atoms with E-state index in [0.29, 0.717) is 24.8 Å². The van der Waals surface area contributed by atoms with E-state index in [2.05, 4.69) is 27.9 Å². The number of nitrogens with zero attached hydrogens (tertiary/aromatic N) is 1. The van der Waals surface area contributed by atoms with E-state index in [1.54, 1.807) is 7.05 Å². The second-order valence-electron chi connectivity index (χ2n) is 8.53. The summed E-state index contributed by atoms with van der Waals surface area (Å²) in [6, 6.07) is 0.0387. The van der Waals surface area contributed by atoms with Crippen molar-refractivity contribution in [1.82, 2.24) is 16.0 Å². The van der Waals surface area contributed by atoms with E-state index in [-0.39, 0.29) is 10.8 Å². The summed E-state index contributed by atoms with van der Waals surface area (Å²) in [6.45, 7) is 14.6. The maximum Gasteiger partial charge on any atom is 0.407 e. The molecule has 2 unspecified atom stereocenters. The van der Waals surface area contributed by atoms with Crippen LogP contribution in [0, 0.1) is 0 Å². The number of carbonyl (C=O) groups is 1. The molecule has 160 valence electrons. The third kappa shape index (κ3) is 13.5. The smallest absolute Gasteiger partial charge is 0.407 e. The van der Waals surface area contributed by atoms with E-state index in [4.69, 9.17) is 4.74 Å². The van der Waals surface area contributed by atoms with Crippen molar-refractivity contribution in [2.24, 2.45) is 4.99 Å². The lowest BCUT2D eigenvalue weighted by Crippen LogP contribution is -2.49. The summed E-state index contributed by atoms with van der Waals surface area (Å²) >= 11 is 0. The zero-order valence-corrected chi connectivity index (χ0v) is 19.2. The van der Waals surface area contributed by atoms with E-state index < -0.39 is 22.5 Å². The molecule has 0 aliphatic carbocycles. The summed E-state index contributed by atoms with van der Waals surface area (Å²) in [4.78, 5) is 16.1. The molecule has 27 heavy (non-hydrogen) atoms. The third-order valence-corrected chi connectivity index (χ3v) is 5.57. The Kier molecular flexibility index (Phi) is 11.6. The minimum Gasteiger partial charge on any atom is -0.444 e. The molecule has 0 saturated carbocycles. The fourth-order valence-corrected chi connectivity index (χ4v) is 3.05. The number of carbonyl (C=O) groups excluding carboxylic acids is 1. The van der Waals surface area contributed by atoms with Crippen LogP contribution >= 0.6 is 0 Å². The van der Waals surface area contributed by atoms with Crippen LogP contribution in [0.15, 0.2) is 4.99 Å². The van der Waals surface area contributed by atoms with Crippen LogP contribution in [0.3, 0.4) is 0 Å². The van der Waals surface area contributed by atoms with Crippen LogP contribution in [0.25, 0.3) is 0 Å². The fraction of sp³-hybridized carbons (Fsp3) is 0.895. The van der Waals surface area contributed by atoms with Crippen molar-refractivity contribution in [2.75, 3.05) is 25.9 Å². The Balaban J connectivity index is 4.57. The van der Waals surface area contributed by atoms with Gasteiger partial charge < -0.3 is 20.7 Å². The van der Waals surface area contributed by atoms with Gasteiger partial charge in [-0.25, -0.2) is 4.79 Å². The second kappa shape index (κ2) is 12.2. The van der Waals surface area contributed by atoms with Crippen molar-refractivity contribution in [3.63, 3.8) is 0 Å². The Morgan fingerprint density at radius 3 is 2.26 bits per heavy atom. The number of nitrogens with one attached hydrogen (secondary N) is 3. The molecular formula is C19H40N4O3S. The highest BCUT2D eigenvalue weighted by molar-refractivity contribution is 7.86. The van der Waals surface area contributed by atoms with Crippen molar-refractivity contribution < 1.29 is 13.7 Å². The molecule has 0 spiro atoms. The van der Waals surface area contributed by atoms with E-state index >= 15 is 0 Å². The SMILES string of the molecule is CCCCC(CNC(=O)OC(C)(C)C)NC(=NC)NCCS(=O)C(C)(C)C. The van der Waals surface area contributed by atoms with Gasteiger partial charge in [-0.1, -0.05) is 19.8 Å². The molecule has 0 bridgehead atoms. The minimum atomic E-state index is -0.912. The zero-order chi connectivity index (χ0) is 21.1. The van der Waals surface area contributed by atoms with Gasteiger partial charge in [0.1, 0.15) is 5.60 Å². The van der Waals surface area contributed by atoms with Gasteiger partial charge in [0, 0.05) is 47.5 Å². The molecule has 0 aliphatic heterocycles. The maximum atomic E-state index is 12.1. The van der Waals surface area contributed by atoms with Crippen molar-refractivity contribution in [3.8, 4) is 0 Å². The Hall–Kier alpha value is -1.31. The molecule has 0 aromatic carbocycles. The van der Waals surface area contributed by atoms with Gasteiger partial charge in [-0.3, -0.25) is 9.20 Å². The van der Waals surface area contributed by atoms with Crippen molar-refractivity contribution in [3.05, 3.63) is 0 Å². The summed E-state index contributed by atoms with van der Waals surface area (Å²) in [6.07, 6.45) is 2.59. The van der Waals surface area contributed by atoms with Crippen molar-refractivity contribution >= 4 is 22.9 Å². The molecule has 0 aromatic rings. The van der Waals surface area contributed by atoms with Crippen LogP contribution < -0.4 is 16.0 Å². The zero-order valence-electron chi connectivity index (χ0n) is 18.4. The second-order valence-corrected chi connectivity index (χ2v) is 10.9. The predicted octanol–water partition coefficient (Wildman–Crippen LogP) is 2.78. The summed E-state index contributed by atoms with van der Waals surface area (Å²) in [7, 11) is 0.791. The molecule has 0 rings (SSSR count). The number of unbranched alkanes of at least 4 members (excludes halogenated alkanes) is 1. The highest BCUT2D eigenvalue weighted by Gasteiger charge is 2.20.